The fourth-order valence-corrected chi connectivity index (χ4v) is 8.06. The maximum atomic E-state index is 13.7. The van der Waals surface area contributed by atoms with Crippen molar-refractivity contribution in [3.8, 4) is 0 Å². The smallest absolute Gasteiger partial charge is 0.379 e. The van der Waals surface area contributed by atoms with Gasteiger partial charge in [-0.1, -0.05) is 6.07 Å². The molecule has 3 aliphatic rings. The minimum Gasteiger partial charge on any atom is -0.379 e. The zero-order valence-electron chi connectivity index (χ0n) is 22.7. The van der Waals surface area contributed by atoms with Crippen LogP contribution >= 0.6 is 0 Å². The Morgan fingerprint density at radius 3 is 2.60 bits per heavy atom. The van der Waals surface area contributed by atoms with Crippen molar-refractivity contribution in [2.75, 3.05) is 39.9 Å². The summed E-state index contributed by atoms with van der Waals surface area (Å²) in [7, 11) is -2.41. The van der Waals surface area contributed by atoms with Crippen molar-refractivity contribution < 1.29 is 31.1 Å². The maximum Gasteiger partial charge on any atom is 0.416 e. The summed E-state index contributed by atoms with van der Waals surface area (Å²) in [5.74, 6) is -0.0484. The van der Waals surface area contributed by atoms with Gasteiger partial charge in [-0.2, -0.15) is 17.5 Å². The van der Waals surface area contributed by atoms with Gasteiger partial charge in [0, 0.05) is 63.6 Å². The number of ether oxygens (including phenoxy) is 1. The minimum atomic E-state index is -4.65. The average molecular weight is 583 g/mol. The number of hydrogen-bond acceptors (Lipinski definition) is 5. The van der Waals surface area contributed by atoms with E-state index in [1.807, 2.05) is 34.8 Å². The van der Waals surface area contributed by atoms with Gasteiger partial charge in [-0.25, -0.2) is 8.42 Å². The fraction of sp³-hybridized carbons (Fsp3) is 0.607. The number of carbonyl (C=O) groups is 1. The Hall–Kier alpha value is -2.41. The molecule has 3 atom stereocenters. The molecule has 40 heavy (non-hydrogen) atoms. The van der Waals surface area contributed by atoms with Gasteiger partial charge in [0.25, 0.3) is 0 Å². The third kappa shape index (κ3) is 6.09. The van der Waals surface area contributed by atoms with Crippen molar-refractivity contribution >= 4 is 15.9 Å². The van der Waals surface area contributed by atoms with Gasteiger partial charge in [-0.3, -0.25) is 9.69 Å². The van der Waals surface area contributed by atoms with Crippen molar-refractivity contribution in [1.29, 1.82) is 0 Å². The van der Waals surface area contributed by atoms with Crippen LogP contribution < -0.4 is 0 Å². The Morgan fingerprint density at radius 2 is 1.85 bits per heavy atom. The second-order valence-corrected chi connectivity index (χ2v) is 12.8. The van der Waals surface area contributed by atoms with Crippen molar-refractivity contribution in [2.45, 2.75) is 74.3 Å². The fourth-order valence-electron chi connectivity index (χ4n) is 6.40. The Labute approximate surface area is 233 Å². The first-order chi connectivity index (χ1) is 19.1. The lowest BCUT2D eigenvalue weighted by Gasteiger charge is -2.42. The predicted molar refractivity (Wildman–Crippen MR) is 143 cm³/mol. The number of halogens is 3. The van der Waals surface area contributed by atoms with Gasteiger partial charge < -0.3 is 14.2 Å². The molecule has 1 amide bonds. The second kappa shape index (κ2) is 11.8. The monoisotopic (exact) mass is 582 g/mol. The molecular formula is C28H37F3N4O4S. The highest BCUT2D eigenvalue weighted by Crippen LogP contribution is 2.37. The molecule has 2 aliphatic heterocycles. The van der Waals surface area contributed by atoms with E-state index < -0.39 is 32.7 Å². The number of amides is 1. The number of benzene rings is 1. The van der Waals surface area contributed by atoms with Gasteiger partial charge in [0.2, 0.25) is 15.9 Å². The molecule has 8 nitrogen and oxygen atoms in total. The quantitative estimate of drug-likeness (QED) is 0.491. The molecule has 1 aromatic heterocycles. The molecule has 0 spiro atoms. The summed E-state index contributed by atoms with van der Waals surface area (Å²) in [6, 6.07) is 7.39. The van der Waals surface area contributed by atoms with E-state index >= 15 is 0 Å². The van der Waals surface area contributed by atoms with E-state index in [1.165, 1.54) is 10.4 Å². The number of fused-ring (bicyclic) bond motifs is 1. The molecule has 1 unspecified atom stereocenters. The summed E-state index contributed by atoms with van der Waals surface area (Å²) in [5.41, 5.74) is -0.271. The molecule has 0 radical (unpaired) electrons. The van der Waals surface area contributed by atoms with Crippen LogP contribution in [0.2, 0.25) is 0 Å². The molecule has 2 aromatic rings. The summed E-state index contributed by atoms with van der Waals surface area (Å²) in [6.07, 6.45) is 1.58. The normalized spacial score (nSPS) is 24.9. The van der Waals surface area contributed by atoms with Gasteiger partial charge in [-0.05, 0) is 62.4 Å². The van der Waals surface area contributed by atoms with Gasteiger partial charge in [0.05, 0.1) is 29.7 Å². The molecule has 1 aromatic carbocycles. The Kier molecular flexibility index (Phi) is 8.61. The van der Waals surface area contributed by atoms with Crippen LogP contribution in [0.3, 0.4) is 0 Å². The lowest BCUT2D eigenvalue weighted by molar-refractivity contribution is -0.137. The molecule has 0 bridgehead atoms. The van der Waals surface area contributed by atoms with Crippen molar-refractivity contribution in [1.82, 2.24) is 18.7 Å². The average Bonchev–Trinajstić information content (AvgIpc) is 3.45. The molecule has 1 saturated carbocycles. The molecule has 0 N–H and O–H groups in total. The van der Waals surface area contributed by atoms with Crippen LogP contribution in [-0.2, 0) is 32.3 Å². The number of aromatic nitrogens is 1. The topological polar surface area (TPSA) is 75.1 Å². The Bertz CT molecular complexity index is 1290. The first kappa shape index (κ1) is 29.1. The second-order valence-electron chi connectivity index (χ2n) is 10.9. The lowest BCUT2D eigenvalue weighted by Crippen LogP contribution is -2.50. The summed E-state index contributed by atoms with van der Waals surface area (Å²) in [4.78, 5) is 17.3. The number of hydrogen-bond donors (Lipinski definition) is 0. The van der Waals surface area contributed by atoms with Crippen LogP contribution in [0.1, 0.15) is 55.8 Å². The summed E-state index contributed by atoms with van der Waals surface area (Å²) in [5, 5.41) is 0. The van der Waals surface area contributed by atoms with Crippen LogP contribution in [0.5, 0.6) is 0 Å². The van der Waals surface area contributed by atoms with Crippen LogP contribution in [-0.4, -0.2) is 85.0 Å². The largest absolute Gasteiger partial charge is 0.416 e. The van der Waals surface area contributed by atoms with E-state index in [9.17, 15) is 26.4 Å². The van der Waals surface area contributed by atoms with Gasteiger partial charge in [-0.15, -0.1) is 0 Å². The first-order valence-corrected chi connectivity index (χ1v) is 15.4. The van der Waals surface area contributed by atoms with Gasteiger partial charge in [0.1, 0.15) is 0 Å². The molecule has 2 fully saturated rings. The molecule has 12 heteroatoms. The van der Waals surface area contributed by atoms with E-state index in [0.717, 1.165) is 69.8 Å². The SMILES string of the molecule is CN(C(=O)CCC1c2cccn2CCN1S(=O)(=O)c1cccc(C(F)(F)F)c1)[C@H]1CCC[C@@H](N2CCOCC2)C1. The van der Waals surface area contributed by atoms with Crippen LogP contribution in [0.4, 0.5) is 13.2 Å². The number of alkyl halides is 3. The van der Waals surface area contributed by atoms with E-state index in [0.29, 0.717) is 18.7 Å². The molecule has 1 saturated heterocycles. The van der Waals surface area contributed by atoms with Crippen LogP contribution in [0.25, 0.3) is 0 Å². The van der Waals surface area contributed by atoms with E-state index in [4.69, 9.17) is 4.74 Å². The summed E-state index contributed by atoms with van der Waals surface area (Å²) in [6.45, 7) is 3.78. The van der Waals surface area contributed by atoms with Crippen molar-refractivity contribution in [2.24, 2.45) is 0 Å². The Morgan fingerprint density at radius 1 is 1.07 bits per heavy atom. The van der Waals surface area contributed by atoms with E-state index in [2.05, 4.69) is 4.90 Å². The van der Waals surface area contributed by atoms with Gasteiger partial charge >= 0.3 is 6.18 Å². The highest BCUT2D eigenvalue weighted by Gasteiger charge is 2.39. The Balaban J connectivity index is 1.30. The molecule has 1 aliphatic carbocycles. The molecular weight excluding hydrogens is 545 g/mol. The summed E-state index contributed by atoms with van der Waals surface area (Å²) >= 11 is 0. The van der Waals surface area contributed by atoms with Crippen molar-refractivity contribution in [3.05, 3.63) is 53.9 Å². The number of nitrogens with zero attached hydrogens (tertiary/aromatic N) is 4. The third-order valence-electron chi connectivity index (χ3n) is 8.64. The molecule has 5 rings (SSSR count). The summed E-state index contributed by atoms with van der Waals surface area (Å²) < 4.78 is 76.0. The standard InChI is InChI=1S/C28H37F3N4O4S/c1-32(22-6-3-7-23(20-22)33-15-17-39-18-16-33)27(36)11-10-26-25-9-4-12-34(25)13-14-35(26)40(37,38)24-8-2-5-21(19-24)28(29,30)31/h2,4-5,8-9,12,19,22-23,26H,3,6-7,10-11,13-18,20H2,1H3/t22-,23+,26?/m0/s1. The highest BCUT2D eigenvalue weighted by molar-refractivity contribution is 7.89. The van der Waals surface area contributed by atoms with Crippen LogP contribution in [0, 0.1) is 0 Å². The third-order valence-corrected chi connectivity index (χ3v) is 10.5. The zero-order chi connectivity index (χ0) is 28.5. The number of sulfonamides is 1. The lowest BCUT2D eigenvalue weighted by atomic mass is 9.88. The molecule has 3 heterocycles. The zero-order valence-corrected chi connectivity index (χ0v) is 23.5. The van der Waals surface area contributed by atoms with Crippen LogP contribution in [0.15, 0.2) is 47.5 Å². The maximum absolute atomic E-state index is 13.7. The van der Waals surface area contributed by atoms with E-state index in [1.54, 1.807) is 0 Å². The molecule has 220 valence electrons. The first-order valence-electron chi connectivity index (χ1n) is 14.0. The number of morpholine rings is 1. The van der Waals surface area contributed by atoms with Crippen molar-refractivity contribution in [3.63, 3.8) is 0 Å². The number of carbonyl (C=O) groups excluding carboxylic acids is 1. The predicted octanol–water partition coefficient (Wildman–Crippen LogP) is 4.13. The minimum absolute atomic E-state index is 0.0484. The highest BCUT2D eigenvalue weighted by atomic mass is 32.2. The van der Waals surface area contributed by atoms with E-state index in [-0.39, 0.29) is 31.3 Å². The van der Waals surface area contributed by atoms with Gasteiger partial charge in [0.15, 0.2) is 0 Å². The number of rotatable bonds is 7.